The Balaban J connectivity index is 1.56. The molecule has 0 aromatic carbocycles. The van der Waals surface area contributed by atoms with Crippen LogP contribution in [0.3, 0.4) is 0 Å². The van der Waals surface area contributed by atoms with Crippen LogP contribution in [0.15, 0.2) is 33.8 Å². The van der Waals surface area contributed by atoms with Crippen LogP contribution in [0.1, 0.15) is 53.7 Å². The highest BCUT2D eigenvalue weighted by atomic mass is 35.5. The minimum Gasteiger partial charge on any atom is -0.344 e. The van der Waals surface area contributed by atoms with Crippen LogP contribution in [0.5, 0.6) is 0 Å². The Morgan fingerprint density at radius 3 is 2.76 bits per heavy atom. The molecule has 1 amide bonds. The lowest BCUT2D eigenvalue weighted by Crippen LogP contribution is -2.45. The number of pyridine rings is 2. The van der Waals surface area contributed by atoms with Crippen LogP contribution >= 0.6 is 11.6 Å². The average molecular weight is 580 g/mol. The van der Waals surface area contributed by atoms with Gasteiger partial charge in [0.05, 0.1) is 21.7 Å². The number of carbonyl (C=O) groups is 1. The van der Waals surface area contributed by atoms with E-state index in [1.54, 1.807) is 29.4 Å². The number of nitrogens with zero attached hydrogens (tertiary/aromatic N) is 7. The first kappa shape index (κ1) is 26.2. The zero-order valence-corrected chi connectivity index (χ0v) is 24.1. The minimum absolute atomic E-state index is 0.0478. The number of likely N-dealkylation sites (N-methyl/N-ethyl adjacent to an activating group) is 1. The molecule has 4 aromatic heterocycles. The summed E-state index contributed by atoms with van der Waals surface area (Å²) in [6.07, 6.45) is 9.42. The van der Waals surface area contributed by atoms with Crippen molar-refractivity contribution in [3.8, 4) is 22.8 Å². The zero-order valence-electron chi connectivity index (χ0n) is 24.3. The normalized spacial score (nSPS) is 21.4. The molecule has 2 fully saturated rings. The van der Waals surface area contributed by atoms with E-state index in [-0.39, 0.29) is 18.8 Å². The largest absolute Gasteiger partial charge is 0.439 e. The summed E-state index contributed by atoms with van der Waals surface area (Å²) in [6, 6.07) is 3.20. The first-order valence-electron chi connectivity index (χ1n) is 15.0. The lowest BCUT2D eigenvalue weighted by Gasteiger charge is -2.31. The number of carbonyl (C=O) groups excluding carboxylic acids is 1. The summed E-state index contributed by atoms with van der Waals surface area (Å²) in [5.74, 6) is 1.35. The predicted octanol–water partition coefficient (Wildman–Crippen LogP) is 4.76. The highest BCUT2D eigenvalue weighted by Crippen LogP contribution is 2.38. The molecule has 1 aliphatic heterocycles. The van der Waals surface area contributed by atoms with Gasteiger partial charge in [0, 0.05) is 46.0 Å². The maximum Gasteiger partial charge on any atom is 0.439 e. The van der Waals surface area contributed by atoms with Gasteiger partial charge >= 0.3 is 5.76 Å². The molecule has 2 aliphatic rings. The molecule has 4 aromatic rings. The Labute approximate surface area is 244 Å². The number of halogens is 1. The van der Waals surface area contributed by atoms with Gasteiger partial charge in [-0.2, -0.15) is 0 Å². The minimum atomic E-state index is -0.677. The van der Waals surface area contributed by atoms with Crippen molar-refractivity contribution >= 4 is 34.5 Å². The van der Waals surface area contributed by atoms with E-state index in [4.69, 9.17) is 27.5 Å². The molecule has 0 radical (unpaired) electrons. The number of rotatable bonds is 7. The molecule has 0 bridgehead atoms. The Bertz CT molecular complexity index is 1640. The molecule has 0 unspecified atom stereocenters. The van der Waals surface area contributed by atoms with E-state index in [0.29, 0.717) is 64.8 Å². The summed E-state index contributed by atoms with van der Waals surface area (Å²) < 4.78 is 14.9. The molecule has 1 atom stereocenters. The van der Waals surface area contributed by atoms with Gasteiger partial charge in [0.2, 0.25) is 17.7 Å². The number of aromatic amines is 1. The smallest absolute Gasteiger partial charge is 0.344 e. The third-order valence-corrected chi connectivity index (χ3v) is 8.64. The van der Waals surface area contributed by atoms with Gasteiger partial charge in [0.25, 0.3) is 0 Å². The molecule has 12 heteroatoms. The van der Waals surface area contributed by atoms with E-state index in [1.165, 1.54) is 12.8 Å². The van der Waals surface area contributed by atoms with Gasteiger partial charge in [-0.1, -0.05) is 36.5 Å². The Morgan fingerprint density at radius 2 is 2.05 bits per heavy atom. The standard InChI is InChI=1S/C29H35ClN8O3/c1-4-36(3)27(39)23-6-5-11-37(23)28-33-21-13-22(26-34-29(40)41-35-26)32-24(19-12-20(30)15-31-14-19)25(21)38(28)16-18-9-7-17(2)8-10-18/h12-15,17-18,23H,4-11,16H2,1-3H3,(H,34,35,40)/t17?,18?,23-/m0/s1/i3D. The zero-order chi connectivity index (χ0) is 29.4. The van der Waals surface area contributed by atoms with Gasteiger partial charge in [0.15, 0.2) is 0 Å². The van der Waals surface area contributed by atoms with Crippen LogP contribution in [0, 0.1) is 11.8 Å². The van der Waals surface area contributed by atoms with E-state index in [1.807, 2.05) is 6.92 Å². The van der Waals surface area contributed by atoms with E-state index < -0.39 is 11.8 Å². The molecule has 216 valence electrons. The Kier molecular flexibility index (Phi) is 7.20. The first-order chi connectivity index (χ1) is 20.4. The lowest BCUT2D eigenvalue weighted by molar-refractivity contribution is -0.130. The van der Waals surface area contributed by atoms with Gasteiger partial charge in [-0.05, 0) is 56.6 Å². The molecule has 1 aliphatic carbocycles. The van der Waals surface area contributed by atoms with Crippen LogP contribution in [-0.2, 0) is 11.3 Å². The number of nitrogens with one attached hydrogen (secondary N) is 1. The number of anilines is 1. The van der Waals surface area contributed by atoms with E-state index in [2.05, 4.69) is 31.5 Å². The van der Waals surface area contributed by atoms with Crippen molar-refractivity contribution in [2.75, 3.05) is 25.0 Å². The fourth-order valence-electron chi connectivity index (χ4n) is 6.14. The lowest BCUT2D eigenvalue weighted by atomic mass is 9.83. The number of aromatic nitrogens is 6. The molecule has 0 spiro atoms. The molecule has 1 N–H and O–H groups in total. The SMILES string of the molecule is [2H]CN(CC)C(=O)[C@@H]1CCCN1c1nc2cc(-c3noc(=O)[nH]3)nc(-c3cncc(Cl)c3)c2n1CC1CCC(C)CC1. The monoisotopic (exact) mass is 579 g/mol. The van der Waals surface area contributed by atoms with Gasteiger partial charge in [-0.25, -0.2) is 14.8 Å². The van der Waals surface area contributed by atoms with E-state index in [0.717, 1.165) is 31.3 Å². The topological polar surface area (TPSA) is 126 Å². The van der Waals surface area contributed by atoms with Crippen molar-refractivity contribution in [3.63, 3.8) is 0 Å². The van der Waals surface area contributed by atoms with Crippen LogP contribution in [0.25, 0.3) is 33.8 Å². The second kappa shape index (κ2) is 11.3. The number of fused-ring (bicyclic) bond motifs is 1. The molecule has 1 saturated heterocycles. The molecule has 5 heterocycles. The first-order valence-corrected chi connectivity index (χ1v) is 14.7. The third kappa shape index (κ3) is 5.35. The van der Waals surface area contributed by atoms with Crippen molar-refractivity contribution in [1.29, 1.82) is 0 Å². The molecule has 11 nitrogen and oxygen atoms in total. The predicted molar refractivity (Wildman–Crippen MR) is 157 cm³/mol. The fraction of sp³-hybridized carbons (Fsp3) is 0.517. The highest BCUT2D eigenvalue weighted by Gasteiger charge is 2.36. The van der Waals surface area contributed by atoms with Crippen molar-refractivity contribution in [1.82, 2.24) is 34.6 Å². The molecule has 1 saturated carbocycles. The molecule has 41 heavy (non-hydrogen) atoms. The summed E-state index contributed by atoms with van der Waals surface area (Å²) >= 11 is 6.38. The van der Waals surface area contributed by atoms with Gasteiger partial charge < -0.3 is 14.4 Å². The van der Waals surface area contributed by atoms with Crippen LogP contribution in [-0.4, -0.2) is 66.6 Å². The number of H-pyrrole nitrogens is 1. The highest BCUT2D eigenvalue weighted by molar-refractivity contribution is 6.30. The molecular weight excluding hydrogens is 544 g/mol. The summed E-state index contributed by atoms with van der Waals surface area (Å²) in [7, 11) is -0.0779. The van der Waals surface area contributed by atoms with E-state index >= 15 is 0 Å². The quantitative estimate of drug-likeness (QED) is 0.332. The third-order valence-electron chi connectivity index (χ3n) is 8.43. The number of hydrogen-bond donors (Lipinski definition) is 1. The van der Waals surface area contributed by atoms with Gasteiger partial charge in [0.1, 0.15) is 11.7 Å². The number of imidazole rings is 1. The summed E-state index contributed by atoms with van der Waals surface area (Å²) in [6.45, 7) is 6.11. The Hall–Kier alpha value is -3.73. The van der Waals surface area contributed by atoms with Crippen molar-refractivity contribution in [2.24, 2.45) is 11.8 Å². The van der Waals surface area contributed by atoms with E-state index in [9.17, 15) is 9.59 Å². The maximum absolute atomic E-state index is 13.6. The summed E-state index contributed by atoms with van der Waals surface area (Å²) in [5.41, 5.74) is 3.17. The van der Waals surface area contributed by atoms with Gasteiger partial charge in [-0.15, -0.1) is 0 Å². The fourth-order valence-corrected chi connectivity index (χ4v) is 6.31. The Morgan fingerprint density at radius 1 is 1.22 bits per heavy atom. The summed E-state index contributed by atoms with van der Waals surface area (Å²) in [4.78, 5) is 46.0. The van der Waals surface area contributed by atoms with Crippen LogP contribution < -0.4 is 10.7 Å². The second-order valence-electron chi connectivity index (χ2n) is 11.3. The second-order valence-corrected chi connectivity index (χ2v) is 11.7. The maximum atomic E-state index is 13.6. The van der Waals surface area contributed by atoms with Crippen molar-refractivity contribution in [2.45, 2.75) is 65.0 Å². The van der Waals surface area contributed by atoms with Gasteiger partial charge in [-0.3, -0.25) is 19.3 Å². The van der Waals surface area contributed by atoms with Crippen molar-refractivity contribution in [3.05, 3.63) is 40.1 Å². The number of hydrogen-bond acceptors (Lipinski definition) is 8. The number of amides is 1. The average Bonchev–Trinajstić information content (AvgIpc) is 3.73. The van der Waals surface area contributed by atoms with Crippen molar-refractivity contribution < 1.29 is 10.7 Å². The molecular formula is C29H35ClN8O3. The van der Waals surface area contributed by atoms with Crippen LogP contribution in [0.4, 0.5) is 5.95 Å². The molecule has 6 rings (SSSR count). The van der Waals surface area contributed by atoms with Crippen LogP contribution in [0.2, 0.25) is 5.02 Å². The summed E-state index contributed by atoms with van der Waals surface area (Å²) in [5, 5.41) is 4.33.